The first kappa shape index (κ1) is 20.6. The number of carbonyl (C=O) groups excluding carboxylic acids is 1. The van der Waals surface area contributed by atoms with Crippen LogP contribution in [0.5, 0.6) is 0 Å². The minimum absolute atomic E-state index is 0.0708. The molecule has 0 aliphatic carbocycles. The molecule has 0 atom stereocenters. The number of halogens is 3. The van der Waals surface area contributed by atoms with Gasteiger partial charge in [-0.3, -0.25) is 4.79 Å². The van der Waals surface area contributed by atoms with E-state index in [4.69, 9.17) is 39.5 Å². The maximum absolute atomic E-state index is 12.2. The van der Waals surface area contributed by atoms with Crippen LogP contribution in [0.2, 0.25) is 15.1 Å². The van der Waals surface area contributed by atoms with Gasteiger partial charge in [0, 0.05) is 21.2 Å². The van der Waals surface area contributed by atoms with Crippen LogP contribution in [-0.2, 0) is 16.1 Å². The summed E-state index contributed by atoms with van der Waals surface area (Å²) in [6, 6.07) is 12.4. The van der Waals surface area contributed by atoms with Crippen LogP contribution in [0.15, 0.2) is 42.5 Å². The van der Waals surface area contributed by atoms with Gasteiger partial charge in [0.15, 0.2) is 0 Å². The summed E-state index contributed by atoms with van der Waals surface area (Å²) >= 11 is 18.5. The van der Waals surface area contributed by atoms with Crippen molar-refractivity contribution in [3.05, 3.63) is 57.5 Å². The number of hydrogen-bond acceptors (Lipinski definition) is 4. The summed E-state index contributed by atoms with van der Waals surface area (Å²) in [7, 11) is 0. The Balaban J connectivity index is 2.02. The average Bonchev–Trinajstić information content (AvgIpc) is 3.06. The second-order valence-corrected chi connectivity index (χ2v) is 7.43. The zero-order valence-electron chi connectivity index (χ0n) is 15.2. The van der Waals surface area contributed by atoms with E-state index < -0.39 is 0 Å². The van der Waals surface area contributed by atoms with Crippen LogP contribution in [0, 0.1) is 0 Å². The van der Waals surface area contributed by atoms with Crippen molar-refractivity contribution in [1.29, 1.82) is 0 Å². The van der Waals surface area contributed by atoms with E-state index in [9.17, 15) is 4.79 Å². The molecule has 0 spiro atoms. The Bertz CT molecular complexity index is 971. The van der Waals surface area contributed by atoms with Gasteiger partial charge in [-0.25, -0.2) is 4.68 Å². The molecule has 3 rings (SSSR count). The summed E-state index contributed by atoms with van der Waals surface area (Å²) < 4.78 is 6.75. The lowest BCUT2D eigenvalue weighted by molar-refractivity contribution is -0.144. The standard InChI is InChI=1S/C20H18Cl3N3O2/c1-2-3-10-28-18(27)12-26-20(16-9-8-15(22)11-17(16)23)19(24-25-26)13-4-6-14(21)7-5-13/h4-9,11H,2-3,10,12H2,1H3. The van der Waals surface area contributed by atoms with Gasteiger partial charge < -0.3 is 4.74 Å². The molecule has 0 fully saturated rings. The largest absolute Gasteiger partial charge is 0.464 e. The third-order valence-corrected chi connectivity index (χ3v) is 4.88. The number of aromatic nitrogens is 3. The fourth-order valence-electron chi connectivity index (χ4n) is 2.67. The van der Waals surface area contributed by atoms with Crippen LogP contribution >= 0.6 is 34.8 Å². The molecule has 0 amide bonds. The summed E-state index contributed by atoms with van der Waals surface area (Å²) in [4.78, 5) is 12.2. The van der Waals surface area contributed by atoms with Crippen molar-refractivity contribution in [3.63, 3.8) is 0 Å². The monoisotopic (exact) mass is 437 g/mol. The predicted molar refractivity (Wildman–Crippen MR) is 112 cm³/mol. The molecule has 0 radical (unpaired) electrons. The van der Waals surface area contributed by atoms with Crippen LogP contribution < -0.4 is 0 Å². The highest BCUT2D eigenvalue weighted by Crippen LogP contribution is 2.36. The highest BCUT2D eigenvalue weighted by atomic mass is 35.5. The number of hydrogen-bond donors (Lipinski definition) is 0. The van der Waals surface area contributed by atoms with Crippen molar-refractivity contribution in [2.75, 3.05) is 6.61 Å². The molecule has 146 valence electrons. The molecule has 0 saturated heterocycles. The molecule has 1 aromatic heterocycles. The zero-order chi connectivity index (χ0) is 20.1. The Hall–Kier alpha value is -2.08. The second-order valence-electron chi connectivity index (χ2n) is 6.15. The van der Waals surface area contributed by atoms with Crippen LogP contribution in [0.4, 0.5) is 0 Å². The maximum Gasteiger partial charge on any atom is 0.327 e. The van der Waals surface area contributed by atoms with Crippen LogP contribution in [0.3, 0.4) is 0 Å². The Labute approximate surface area is 178 Å². The van der Waals surface area contributed by atoms with Gasteiger partial charge in [-0.15, -0.1) is 5.10 Å². The molecule has 0 saturated carbocycles. The Morgan fingerprint density at radius 2 is 1.79 bits per heavy atom. The van der Waals surface area contributed by atoms with Crippen LogP contribution in [-0.4, -0.2) is 27.6 Å². The fourth-order valence-corrected chi connectivity index (χ4v) is 3.30. The van der Waals surface area contributed by atoms with Crippen molar-refractivity contribution < 1.29 is 9.53 Å². The smallest absolute Gasteiger partial charge is 0.327 e. The van der Waals surface area contributed by atoms with Crippen molar-refractivity contribution in [3.8, 4) is 22.5 Å². The van der Waals surface area contributed by atoms with E-state index >= 15 is 0 Å². The molecular weight excluding hydrogens is 421 g/mol. The van der Waals surface area contributed by atoms with Gasteiger partial charge in [-0.1, -0.05) is 65.5 Å². The second kappa shape index (κ2) is 9.41. The minimum atomic E-state index is -0.382. The van der Waals surface area contributed by atoms with Gasteiger partial charge in [0.05, 0.1) is 17.3 Å². The zero-order valence-corrected chi connectivity index (χ0v) is 17.4. The number of benzene rings is 2. The van der Waals surface area contributed by atoms with Gasteiger partial charge in [0.1, 0.15) is 12.2 Å². The summed E-state index contributed by atoms with van der Waals surface area (Å²) in [6.45, 7) is 2.34. The molecule has 5 nitrogen and oxygen atoms in total. The van der Waals surface area contributed by atoms with E-state index in [0.717, 1.165) is 18.4 Å². The quantitative estimate of drug-likeness (QED) is 0.339. The molecule has 3 aromatic rings. The fraction of sp³-hybridized carbons (Fsp3) is 0.250. The van der Waals surface area contributed by atoms with E-state index in [2.05, 4.69) is 10.3 Å². The van der Waals surface area contributed by atoms with E-state index in [-0.39, 0.29) is 12.5 Å². The minimum Gasteiger partial charge on any atom is -0.464 e. The number of nitrogens with zero attached hydrogens (tertiary/aromatic N) is 3. The molecule has 0 bridgehead atoms. The lowest BCUT2D eigenvalue weighted by Gasteiger charge is -2.11. The van der Waals surface area contributed by atoms with E-state index in [1.165, 1.54) is 4.68 Å². The lowest BCUT2D eigenvalue weighted by Crippen LogP contribution is -2.16. The Morgan fingerprint density at radius 1 is 1.07 bits per heavy atom. The first-order valence-electron chi connectivity index (χ1n) is 8.80. The first-order chi connectivity index (χ1) is 13.5. The SMILES string of the molecule is CCCCOC(=O)Cn1nnc(-c2ccc(Cl)cc2)c1-c1ccc(Cl)cc1Cl. The number of unbranched alkanes of at least 4 members (excludes halogenated alkanes) is 1. The number of ether oxygens (including phenoxy) is 1. The molecule has 0 N–H and O–H groups in total. The van der Waals surface area contributed by atoms with Crippen molar-refractivity contribution in [1.82, 2.24) is 15.0 Å². The van der Waals surface area contributed by atoms with Gasteiger partial charge in [0.25, 0.3) is 0 Å². The van der Waals surface area contributed by atoms with Gasteiger partial charge in [0.2, 0.25) is 0 Å². The Kier molecular flexibility index (Phi) is 6.94. The van der Waals surface area contributed by atoms with Crippen molar-refractivity contribution in [2.45, 2.75) is 26.3 Å². The summed E-state index contributed by atoms with van der Waals surface area (Å²) in [5.74, 6) is -0.382. The summed E-state index contributed by atoms with van der Waals surface area (Å²) in [5.41, 5.74) is 2.66. The average molecular weight is 439 g/mol. The maximum atomic E-state index is 12.2. The molecular formula is C20H18Cl3N3O2. The number of rotatable bonds is 7. The normalized spacial score (nSPS) is 10.9. The van der Waals surface area contributed by atoms with E-state index in [0.29, 0.717) is 38.6 Å². The molecule has 0 aliphatic rings. The van der Waals surface area contributed by atoms with Gasteiger partial charge >= 0.3 is 5.97 Å². The summed E-state index contributed by atoms with van der Waals surface area (Å²) in [5, 5.41) is 10.0. The van der Waals surface area contributed by atoms with Crippen molar-refractivity contribution >= 4 is 40.8 Å². The van der Waals surface area contributed by atoms with Gasteiger partial charge in [-0.05, 0) is 36.8 Å². The predicted octanol–water partition coefficient (Wildman–Crippen LogP) is 5.92. The lowest BCUT2D eigenvalue weighted by atomic mass is 10.0. The van der Waals surface area contributed by atoms with E-state index in [1.54, 1.807) is 30.3 Å². The molecule has 0 aliphatic heterocycles. The van der Waals surface area contributed by atoms with E-state index in [1.807, 2.05) is 19.1 Å². The number of esters is 1. The number of carbonyl (C=O) groups is 1. The highest BCUT2D eigenvalue weighted by Gasteiger charge is 2.21. The third kappa shape index (κ3) is 4.85. The highest BCUT2D eigenvalue weighted by molar-refractivity contribution is 6.36. The third-order valence-electron chi connectivity index (χ3n) is 4.08. The Morgan fingerprint density at radius 3 is 2.46 bits per heavy atom. The molecule has 28 heavy (non-hydrogen) atoms. The summed E-state index contributed by atoms with van der Waals surface area (Å²) in [6.07, 6.45) is 1.76. The van der Waals surface area contributed by atoms with Crippen molar-refractivity contribution in [2.24, 2.45) is 0 Å². The topological polar surface area (TPSA) is 57.0 Å². The van der Waals surface area contributed by atoms with Crippen LogP contribution in [0.25, 0.3) is 22.5 Å². The first-order valence-corrected chi connectivity index (χ1v) is 9.93. The molecule has 8 heteroatoms. The molecule has 2 aromatic carbocycles. The van der Waals surface area contributed by atoms with Gasteiger partial charge in [-0.2, -0.15) is 0 Å². The van der Waals surface area contributed by atoms with Crippen LogP contribution in [0.1, 0.15) is 19.8 Å². The molecule has 0 unspecified atom stereocenters. The molecule has 1 heterocycles.